The normalized spacial score (nSPS) is 22.4. The van der Waals surface area contributed by atoms with Crippen LogP contribution in [-0.2, 0) is 6.18 Å². The zero-order chi connectivity index (χ0) is 20.1. The third-order valence-corrected chi connectivity index (χ3v) is 4.48. The van der Waals surface area contributed by atoms with Crippen molar-refractivity contribution >= 4 is 16.6 Å². The van der Waals surface area contributed by atoms with Crippen molar-refractivity contribution in [2.75, 3.05) is 11.4 Å². The van der Waals surface area contributed by atoms with Crippen molar-refractivity contribution in [3.05, 3.63) is 40.2 Å². The van der Waals surface area contributed by atoms with Gasteiger partial charge in [-0.25, -0.2) is 0 Å². The number of hydrogen-bond donors (Lipinski definition) is 3. The maximum Gasteiger partial charge on any atom is 0.417 e. The molecule has 2 heterocycles. The van der Waals surface area contributed by atoms with E-state index in [4.69, 9.17) is 0 Å². The number of halogens is 6. The van der Waals surface area contributed by atoms with Crippen LogP contribution in [0.1, 0.15) is 12.0 Å². The number of aromatic amines is 1. The molecule has 148 valence electrons. The summed E-state index contributed by atoms with van der Waals surface area (Å²) >= 11 is 0. The Balaban J connectivity index is 2.11. The van der Waals surface area contributed by atoms with Crippen molar-refractivity contribution < 1.29 is 36.6 Å². The molecule has 11 heteroatoms. The van der Waals surface area contributed by atoms with Gasteiger partial charge < -0.3 is 20.1 Å². The number of pyridine rings is 1. The molecule has 1 fully saturated rings. The number of hydrogen-bond acceptors (Lipinski definition) is 4. The average molecular weight is 396 g/mol. The van der Waals surface area contributed by atoms with Crippen molar-refractivity contribution in [2.45, 2.75) is 37.0 Å². The van der Waals surface area contributed by atoms with E-state index in [9.17, 15) is 41.4 Å². The van der Waals surface area contributed by atoms with Crippen LogP contribution in [-0.4, -0.2) is 46.2 Å². The number of nitrogens with zero attached hydrogens (tertiary/aromatic N) is 1. The summed E-state index contributed by atoms with van der Waals surface area (Å²) in [6.07, 6.45) is -14.1. The summed E-state index contributed by atoms with van der Waals surface area (Å²) in [6.45, 7) is -0.284. The van der Waals surface area contributed by atoms with E-state index in [2.05, 4.69) is 4.98 Å². The standard InChI is InChI=1S/C16H14F6N2O3/c17-15(18,19)10-5-13(26)23-11-2-1-7(3-9(10)11)24-6-8(25)4-12(24)14(27)16(20,21)22/h1-3,5,8,12,14,25,27H,4,6H2,(H,23,26)/t8-,12-,14-/m1/s1. The summed E-state index contributed by atoms with van der Waals surface area (Å²) < 4.78 is 78.4. The molecule has 0 amide bonds. The Morgan fingerprint density at radius 1 is 1.15 bits per heavy atom. The number of fused-ring (bicyclic) bond motifs is 1. The van der Waals surface area contributed by atoms with Gasteiger partial charge in [-0.15, -0.1) is 0 Å². The van der Waals surface area contributed by atoms with Gasteiger partial charge in [0.05, 0.1) is 17.7 Å². The molecule has 0 saturated carbocycles. The van der Waals surface area contributed by atoms with Gasteiger partial charge in [-0.05, 0) is 24.6 Å². The minimum absolute atomic E-state index is 0.0371. The average Bonchev–Trinajstić information content (AvgIpc) is 2.92. The summed E-state index contributed by atoms with van der Waals surface area (Å²) in [5.74, 6) is 0. The maximum atomic E-state index is 13.2. The molecule has 2 aromatic rings. The zero-order valence-corrected chi connectivity index (χ0v) is 13.5. The highest BCUT2D eigenvalue weighted by atomic mass is 19.4. The molecule has 1 aliphatic heterocycles. The van der Waals surface area contributed by atoms with E-state index in [0.717, 1.165) is 17.0 Å². The molecule has 1 saturated heterocycles. The van der Waals surface area contributed by atoms with Crippen LogP contribution in [0.4, 0.5) is 32.0 Å². The lowest BCUT2D eigenvalue weighted by Gasteiger charge is -2.31. The van der Waals surface area contributed by atoms with Crippen LogP contribution in [0.15, 0.2) is 29.1 Å². The maximum absolute atomic E-state index is 13.2. The van der Waals surface area contributed by atoms with Gasteiger partial charge in [0.15, 0.2) is 6.10 Å². The predicted molar refractivity (Wildman–Crippen MR) is 83.4 cm³/mol. The van der Waals surface area contributed by atoms with Gasteiger partial charge in [-0.1, -0.05) is 0 Å². The quantitative estimate of drug-likeness (QED) is 0.682. The molecule has 3 rings (SSSR count). The van der Waals surface area contributed by atoms with Gasteiger partial charge in [0.2, 0.25) is 5.56 Å². The molecule has 1 aromatic heterocycles. The second kappa shape index (κ2) is 6.41. The largest absolute Gasteiger partial charge is 0.417 e. The zero-order valence-electron chi connectivity index (χ0n) is 13.5. The van der Waals surface area contributed by atoms with Crippen molar-refractivity contribution in [3.8, 4) is 0 Å². The van der Waals surface area contributed by atoms with Gasteiger partial charge in [0.25, 0.3) is 0 Å². The molecular weight excluding hydrogens is 382 g/mol. The molecule has 3 atom stereocenters. The first-order valence-corrected chi connectivity index (χ1v) is 7.81. The van der Waals surface area contributed by atoms with Crippen LogP contribution < -0.4 is 10.5 Å². The summed E-state index contributed by atoms with van der Waals surface area (Å²) in [4.78, 5) is 14.7. The van der Waals surface area contributed by atoms with Crippen molar-refractivity contribution in [1.82, 2.24) is 4.98 Å². The van der Waals surface area contributed by atoms with E-state index in [1.807, 2.05) is 0 Å². The van der Waals surface area contributed by atoms with Crippen LogP contribution in [0.2, 0.25) is 0 Å². The van der Waals surface area contributed by atoms with Gasteiger partial charge >= 0.3 is 12.4 Å². The van der Waals surface area contributed by atoms with Crippen LogP contribution in [0, 0.1) is 0 Å². The van der Waals surface area contributed by atoms with E-state index >= 15 is 0 Å². The first-order valence-electron chi connectivity index (χ1n) is 7.81. The number of alkyl halides is 6. The molecule has 0 radical (unpaired) electrons. The highest BCUT2D eigenvalue weighted by Crippen LogP contribution is 2.38. The Morgan fingerprint density at radius 2 is 1.81 bits per heavy atom. The fraction of sp³-hybridized carbons (Fsp3) is 0.438. The lowest BCUT2D eigenvalue weighted by atomic mass is 10.0. The van der Waals surface area contributed by atoms with E-state index in [-0.39, 0.29) is 17.7 Å². The van der Waals surface area contributed by atoms with E-state index in [1.165, 1.54) is 6.07 Å². The summed E-state index contributed by atoms with van der Waals surface area (Å²) in [5, 5.41) is 18.9. The van der Waals surface area contributed by atoms with Crippen LogP contribution >= 0.6 is 0 Å². The third-order valence-electron chi connectivity index (χ3n) is 4.48. The van der Waals surface area contributed by atoms with Crippen LogP contribution in [0.5, 0.6) is 0 Å². The molecule has 5 nitrogen and oxygen atoms in total. The molecule has 0 unspecified atom stereocenters. The lowest BCUT2D eigenvalue weighted by molar-refractivity contribution is -0.209. The number of H-pyrrole nitrogens is 1. The minimum Gasteiger partial charge on any atom is -0.391 e. The van der Waals surface area contributed by atoms with Gasteiger partial charge in [-0.2, -0.15) is 26.3 Å². The van der Waals surface area contributed by atoms with Crippen molar-refractivity contribution in [2.24, 2.45) is 0 Å². The van der Waals surface area contributed by atoms with Crippen LogP contribution in [0.25, 0.3) is 10.9 Å². The molecule has 3 N–H and O–H groups in total. The molecule has 0 bridgehead atoms. The third kappa shape index (κ3) is 3.74. The molecule has 1 aliphatic rings. The monoisotopic (exact) mass is 396 g/mol. The smallest absolute Gasteiger partial charge is 0.391 e. The highest BCUT2D eigenvalue weighted by Gasteiger charge is 2.49. The van der Waals surface area contributed by atoms with Crippen molar-refractivity contribution in [3.63, 3.8) is 0 Å². The predicted octanol–water partition coefficient (Wildman–Crippen LogP) is 2.41. The topological polar surface area (TPSA) is 76.6 Å². The second-order valence-corrected chi connectivity index (χ2v) is 6.37. The number of benzene rings is 1. The first kappa shape index (κ1) is 19.5. The van der Waals surface area contributed by atoms with E-state index in [0.29, 0.717) is 6.07 Å². The fourth-order valence-electron chi connectivity index (χ4n) is 3.31. The minimum atomic E-state index is -4.95. The first-order chi connectivity index (χ1) is 12.4. The number of β-amino-alcohol motifs (C(OH)–C–C–N with tert-alkyl or cyclic N) is 1. The number of aliphatic hydroxyl groups excluding tert-OH is 2. The van der Waals surface area contributed by atoms with Gasteiger partial charge in [0, 0.05) is 29.2 Å². The van der Waals surface area contributed by atoms with Crippen molar-refractivity contribution in [1.29, 1.82) is 0 Å². The Morgan fingerprint density at radius 3 is 2.41 bits per heavy atom. The van der Waals surface area contributed by atoms with E-state index < -0.39 is 53.5 Å². The number of rotatable bonds is 2. The van der Waals surface area contributed by atoms with Gasteiger partial charge in [0.1, 0.15) is 0 Å². The molecule has 0 aliphatic carbocycles. The summed E-state index contributed by atoms with van der Waals surface area (Å²) in [6, 6.07) is 2.18. The Hall–Kier alpha value is -2.27. The Bertz CT molecular complexity index is 908. The molecule has 0 spiro atoms. The van der Waals surface area contributed by atoms with E-state index in [1.54, 1.807) is 0 Å². The number of aromatic nitrogens is 1. The van der Waals surface area contributed by atoms with Gasteiger partial charge in [-0.3, -0.25) is 4.79 Å². The summed E-state index contributed by atoms with van der Waals surface area (Å²) in [5.41, 5.74) is -2.36. The fourth-order valence-corrected chi connectivity index (χ4v) is 3.31. The van der Waals surface area contributed by atoms with Crippen LogP contribution in [0.3, 0.4) is 0 Å². The lowest BCUT2D eigenvalue weighted by Crippen LogP contribution is -2.47. The summed E-state index contributed by atoms with van der Waals surface area (Å²) in [7, 11) is 0. The molecule has 27 heavy (non-hydrogen) atoms. The molecular formula is C16H14F6N2O3. The molecule has 1 aromatic carbocycles. The second-order valence-electron chi connectivity index (χ2n) is 6.37. The Kier molecular flexibility index (Phi) is 4.63. The SMILES string of the molecule is O=c1cc(C(F)(F)F)c2cc(N3C[C@H](O)C[C@@H]3[C@@H](O)C(F)(F)F)ccc2[nH]1. The number of nitrogens with one attached hydrogen (secondary N) is 1. The Labute approximate surface area is 147 Å². The number of aliphatic hydroxyl groups is 2. The highest BCUT2D eigenvalue weighted by molar-refractivity contribution is 5.86. The number of anilines is 1.